The van der Waals surface area contributed by atoms with Gasteiger partial charge in [-0.1, -0.05) is 44.2 Å². The van der Waals surface area contributed by atoms with Gasteiger partial charge in [0.1, 0.15) is 5.82 Å². The minimum atomic E-state index is -3.49. The molecule has 0 aliphatic carbocycles. The Kier molecular flexibility index (Phi) is 7.80. The number of carboxylic acid groups (broad SMARTS) is 1. The van der Waals surface area contributed by atoms with Crippen LogP contribution in [0.4, 0.5) is 4.39 Å². The van der Waals surface area contributed by atoms with Gasteiger partial charge in [0.25, 0.3) is 0 Å². The molecule has 1 heterocycles. The topological polar surface area (TPSA) is 96.7 Å². The molecule has 1 unspecified atom stereocenters. The first-order valence-corrected chi connectivity index (χ1v) is 12.4. The number of benzene rings is 2. The van der Waals surface area contributed by atoms with Gasteiger partial charge in [-0.2, -0.15) is 0 Å². The predicted molar refractivity (Wildman–Crippen MR) is 128 cm³/mol. The van der Waals surface area contributed by atoms with Crippen LogP contribution in [0.15, 0.2) is 54.3 Å². The molecule has 0 aliphatic rings. The van der Waals surface area contributed by atoms with E-state index < -0.39 is 25.9 Å². The Morgan fingerprint density at radius 2 is 1.85 bits per heavy atom. The van der Waals surface area contributed by atoms with Crippen LogP contribution in [0.1, 0.15) is 37.4 Å². The summed E-state index contributed by atoms with van der Waals surface area (Å²) in [6.07, 6.45) is -0.508. The smallest absolute Gasteiger partial charge is 0.305 e. The number of carbonyl (C=O) groups is 1. The highest BCUT2D eigenvalue weighted by Gasteiger charge is 2.25. The van der Waals surface area contributed by atoms with Gasteiger partial charge in [0.15, 0.2) is 0 Å². The van der Waals surface area contributed by atoms with Gasteiger partial charge in [0.2, 0.25) is 7.37 Å². The van der Waals surface area contributed by atoms with E-state index in [4.69, 9.17) is 14.6 Å². The number of aliphatic hydroxyl groups excluding tert-OH is 1. The monoisotopic (exact) mass is 471 g/mol. The van der Waals surface area contributed by atoms with E-state index in [-0.39, 0.29) is 17.9 Å². The first kappa shape index (κ1) is 24.8. The second-order valence-electron chi connectivity index (χ2n) is 8.12. The van der Waals surface area contributed by atoms with Crippen LogP contribution in [0, 0.1) is 5.82 Å². The molecule has 0 aliphatic heterocycles. The zero-order chi connectivity index (χ0) is 24.2. The molecule has 2 N–H and O–H groups in total. The third kappa shape index (κ3) is 5.93. The van der Waals surface area contributed by atoms with Crippen molar-refractivity contribution in [3.8, 4) is 11.1 Å². The number of aliphatic hydroxyl groups is 1. The number of hydrogen-bond donors (Lipinski definition) is 2. The highest BCUT2D eigenvalue weighted by Crippen LogP contribution is 2.50. The Hall–Kier alpha value is -2.86. The van der Waals surface area contributed by atoms with Gasteiger partial charge < -0.3 is 14.7 Å². The second kappa shape index (κ2) is 10.4. The molecule has 0 spiro atoms. The van der Waals surface area contributed by atoms with Gasteiger partial charge in [-0.15, -0.1) is 0 Å². The van der Waals surface area contributed by atoms with Crippen LogP contribution in [0.2, 0.25) is 0 Å². The molecule has 0 amide bonds. The number of para-hydroxylation sites is 1. The number of pyridine rings is 1. The third-order valence-corrected chi connectivity index (χ3v) is 7.44. The van der Waals surface area contributed by atoms with E-state index in [1.807, 2.05) is 38.1 Å². The maximum absolute atomic E-state index is 13.6. The van der Waals surface area contributed by atoms with Gasteiger partial charge in [0, 0.05) is 29.4 Å². The molecule has 8 heteroatoms. The zero-order valence-electron chi connectivity index (χ0n) is 18.7. The molecule has 6 nitrogen and oxygen atoms in total. The summed E-state index contributed by atoms with van der Waals surface area (Å²) in [6, 6.07) is 13.8. The van der Waals surface area contributed by atoms with Crippen LogP contribution >= 0.6 is 7.37 Å². The van der Waals surface area contributed by atoms with Crippen molar-refractivity contribution in [3.05, 3.63) is 71.4 Å². The van der Waals surface area contributed by atoms with Crippen molar-refractivity contribution >= 4 is 30.3 Å². The van der Waals surface area contributed by atoms with Gasteiger partial charge in [-0.25, -0.2) is 4.39 Å². The van der Waals surface area contributed by atoms with Gasteiger partial charge >= 0.3 is 5.97 Å². The largest absolute Gasteiger partial charge is 0.481 e. The summed E-state index contributed by atoms with van der Waals surface area (Å²) in [4.78, 5) is 15.7. The van der Waals surface area contributed by atoms with Crippen molar-refractivity contribution in [2.24, 2.45) is 0 Å². The average Bonchev–Trinajstić information content (AvgIpc) is 2.76. The number of halogens is 1. The number of hydrogen-bond acceptors (Lipinski definition) is 5. The van der Waals surface area contributed by atoms with Crippen molar-refractivity contribution in [2.75, 3.05) is 13.3 Å². The lowest BCUT2D eigenvalue weighted by molar-refractivity contribution is -0.138. The Labute approximate surface area is 192 Å². The standard InChI is InChI=1S/C25H27FNO5P/c1-16(2)25-21(12-13-33(31,32-3)15-19(28)14-23(29)30)24(17-8-10-18(26)11-9-17)20-6-4-5-7-22(20)27-25/h4-13,16,19,28H,14-15H2,1-3H3,(H,29,30)/t19-,33?/m0/s1. The SMILES string of the molecule is COP(=O)(C=Cc1c(C(C)C)nc2ccccc2c1-c1ccc(F)cc1)C[C@@H](O)CC(=O)O. The normalized spacial score (nSPS) is 14.6. The van der Waals surface area contributed by atoms with Crippen molar-refractivity contribution in [1.82, 2.24) is 4.98 Å². The van der Waals surface area contributed by atoms with E-state index in [0.29, 0.717) is 5.56 Å². The summed E-state index contributed by atoms with van der Waals surface area (Å²) in [6.45, 7) is 3.99. The molecule has 0 fully saturated rings. The predicted octanol–water partition coefficient (Wildman–Crippen LogP) is 5.90. The molecule has 0 bridgehead atoms. The highest BCUT2D eigenvalue weighted by atomic mass is 31.2. The Morgan fingerprint density at radius 3 is 2.45 bits per heavy atom. The van der Waals surface area contributed by atoms with Gasteiger partial charge in [-0.3, -0.25) is 14.3 Å². The first-order chi connectivity index (χ1) is 15.6. The van der Waals surface area contributed by atoms with Crippen LogP contribution < -0.4 is 0 Å². The minimum absolute atomic E-state index is 0.0213. The maximum Gasteiger partial charge on any atom is 0.305 e. The van der Waals surface area contributed by atoms with Gasteiger partial charge in [-0.05, 0) is 35.8 Å². The molecule has 2 atom stereocenters. The number of rotatable bonds is 9. The van der Waals surface area contributed by atoms with Gasteiger partial charge in [0.05, 0.1) is 29.9 Å². The number of aromatic nitrogens is 1. The van der Waals surface area contributed by atoms with Crippen LogP contribution in [0.3, 0.4) is 0 Å². The van der Waals surface area contributed by atoms with Crippen LogP contribution in [-0.2, 0) is 13.9 Å². The summed E-state index contributed by atoms with van der Waals surface area (Å²) in [7, 11) is -2.22. The highest BCUT2D eigenvalue weighted by molar-refractivity contribution is 7.62. The minimum Gasteiger partial charge on any atom is -0.481 e. The van der Waals surface area contributed by atoms with Crippen LogP contribution in [0.5, 0.6) is 0 Å². The number of nitrogens with zero attached hydrogens (tertiary/aromatic N) is 1. The molecule has 0 saturated heterocycles. The lowest BCUT2D eigenvalue weighted by atomic mass is 9.91. The lowest BCUT2D eigenvalue weighted by Crippen LogP contribution is -2.17. The quantitative estimate of drug-likeness (QED) is 0.378. The molecular formula is C25H27FNO5P. The summed E-state index contributed by atoms with van der Waals surface area (Å²) in [5.74, 6) is -0.126. The maximum atomic E-state index is 13.6. The third-order valence-electron chi connectivity index (χ3n) is 5.29. The Morgan fingerprint density at radius 1 is 1.18 bits per heavy atom. The van der Waals surface area contributed by atoms with Crippen LogP contribution in [-0.4, -0.2) is 40.5 Å². The summed E-state index contributed by atoms with van der Waals surface area (Å²) in [5, 5.41) is 19.8. The summed E-state index contributed by atoms with van der Waals surface area (Å²) in [5.41, 5.74) is 3.84. The zero-order valence-corrected chi connectivity index (χ0v) is 19.6. The lowest BCUT2D eigenvalue weighted by Gasteiger charge is -2.19. The number of aliphatic carboxylic acids is 1. The molecule has 3 aromatic rings. The fourth-order valence-corrected chi connectivity index (χ4v) is 5.21. The van der Waals surface area contributed by atoms with E-state index in [2.05, 4.69) is 0 Å². The molecular weight excluding hydrogens is 444 g/mol. The van der Waals surface area contributed by atoms with E-state index in [1.165, 1.54) is 25.1 Å². The van der Waals surface area contributed by atoms with Crippen molar-refractivity contribution in [3.63, 3.8) is 0 Å². The van der Waals surface area contributed by atoms with E-state index in [1.54, 1.807) is 18.2 Å². The number of carboxylic acids is 1. The second-order valence-corrected chi connectivity index (χ2v) is 10.6. The van der Waals surface area contributed by atoms with Crippen molar-refractivity contribution in [1.29, 1.82) is 0 Å². The average molecular weight is 471 g/mol. The molecule has 33 heavy (non-hydrogen) atoms. The summed E-state index contributed by atoms with van der Waals surface area (Å²) < 4.78 is 32.1. The van der Waals surface area contributed by atoms with E-state index in [9.17, 15) is 18.9 Å². The first-order valence-electron chi connectivity index (χ1n) is 10.6. The fourth-order valence-electron chi connectivity index (χ4n) is 3.73. The molecule has 0 saturated carbocycles. The molecule has 2 aromatic carbocycles. The molecule has 0 radical (unpaired) electrons. The molecule has 1 aromatic heterocycles. The summed E-state index contributed by atoms with van der Waals surface area (Å²) >= 11 is 0. The fraction of sp³-hybridized carbons (Fsp3) is 0.280. The molecule has 3 rings (SSSR count). The van der Waals surface area contributed by atoms with E-state index >= 15 is 0 Å². The Bertz CT molecular complexity index is 1220. The van der Waals surface area contributed by atoms with Crippen molar-refractivity contribution < 1.29 is 28.5 Å². The molecule has 174 valence electrons. The number of fused-ring (bicyclic) bond motifs is 1. The van der Waals surface area contributed by atoms with Crippen LogP contribution in [0.25, 0.3) is 28.1 Å². The Balaban J connectivity index is 2.21. The van der Waals surface area contributed by atoms with Crippen molar-refractivity contribution in [2.45, 2.75) is 32.3 Å². The van der Waals surface area contributed by atoms with E-state index in [0.717, 1.165) is 27.7 Å².